The summed E-state index contributed by atoms with van der Waals surface area (Å²) < 4.78 is 23.1. The van der Waals surface area contributed by atoms with Crippen molar-refractivity contribution >= 4 is 11.6 Å². The Morgan fingerprint density at radius 3 is 2.81 bits per heavy atom. The molecule has 6 heteroatoms. The first kappa shape index (κ1) is 15.3. The van der Waals surface area contributed by atoms with E-state index in [2.05, 4.69) is 11.4 Å². The minimum Gasteiger partial charge on any atom is -0.491 e. The van der Waals surface area contributed by atoms with Crippen molar-refractivity contribution in [3.8, 4) is 17.2 Å². The molecule has 138 valence electrons. The second kappa shape index (κ2) is 5.16. The van der Waals surface area contributed by atoms with Crippen LogP contribution in [0, 0.1) is 0 Å². The van der Waals surface area contributed by atoms with Gasteiger partial charge in [-0.1, -0.05) is 12.1 Å². The normalized spacial score (nSPS) is 29.6. The lowest BCUT2D eigenvalue weighted by Crippen LogP contribution is -2.38. The largest absolute Gasteiger partial charge is 0.491 e. The van der Waals surface area contributed by atoms with E-state index in [0.717, 1.165) is 29.8 Å². The van der Waals surface area contributed by atoms with Crippen LogP contribution in [-0.4, -0.2) is 32.0 Å². The molecule has 4 aliphatic heterocycles. The first-order valence-corrected chi connectivity index (χ1v) is 9.34. The molecule has 4 heterocycles. The Morgan fingerprint density at radius 2 is 2.00 bits per heavy atom. The summed E-state index contributed by atoms with van der Waals surface area (Å²) >= 11 is 0. The highest BCUT2D eigenvalue weighted by atomic mass is 16.7. The zero-order valence-corrected chi connectivity index (χ0v) is 14.9. The number of anilines is 1. The molecule has 6 rings (SSSR count). The van der Waals surface area contributed by atoms with Gasteiger partial charge in [-0.15, -0.1) is 0 Å². The molecule has 0 aromatic heterocycles. The fourth-order valence-electron chi connectivity index (χ4n) is 4.83. The minimum absolute atomic E-state index is 0.0467. The SMILES string of the molecule is CC1Oc2cc3c(cc2O1)C1(CO3)C(=O)Nc2cccc(C3CCOC3)c21. The van der Waals surface area contributed by atoms with Gasteiger partial charge in [-0.2, -0.15) is 0 Å². The van der Waals surface area contributed by atoms with Crippen LogP contribution in [0.15, 0.2) is 30.3 Å². The van der Waals surface area contributed by atoms with Crippen LogP contribution in [0.2, 0.25) is 0 Å². The van der Waals surface area contributed by atoms with Crippen molar-refractivity contribution in [1.82, 2.24) is 0 Å². The zero-order valence-electron chi connectivity index (χ0n) is 14.9. The second-order valence-electron chi connectivity index (χ2n) is 7.58. The maximum absolute atomic E-state index is 13.3. The molecule has 3 atom stereocenters. The maximum atomic E-state index is 13.3. The van der Waals surface area contributed by atoms with Crippen LogP contribution in [0.4, 0.5) is 5.69 Å². The van der Waals surface area contributed by atoms with Gasteiger partial charge in [0.15, 0.2) is 11.5 Å². The Hall–Kier alpha value is -2.73. The first-order chi connectivity index (χ1) is 13.2. The molecule has 1 saturated heterocycles. The third-order valence-electron chi connectivity index (χ3n) is 6.06. The smallest absolute Gasteiger partial charge is 0.243 e. The highest BCUT2D eigenvalue weighted by Gasteiger charge is 2.56. The van der Waals surface area contributed by atoms with Crippen LogP contribution in [0.3, 0.4) is 0 Å². The van der Waals surface area contributed by atoms with E-state index in [-0.39, 0.29) is 18.8 Å². The van der Waals surface area contributed by atoms with Crippen LogP contribution >= 0.6 is 0 Å². The molecular weight excluding hydrogens is 346 g/mol. The van der Waals surface area contributed by atoms with Crippen LogP contribution in [0.5, 0.6) is 17.2 Å². The number of carbonyl (C=O) groups is 1. The molecule has 0 aliphatic carbocycles. The number of hydrogen-bond acceptors (Lipinski definition) is 5. The predicted octanol–water partition coefficient (Wildman–Crippen LogP) is 2.94. The maximum Gasteiger partial charge on any atom is 0.243 e. The van der Waals surface area contributed by atoms with E-state index >= 15 is 0 Å². The summed E-state index contributed by atoms with van der Waals surface area (Å²) in [5, 5.41) is 3.08. The number of nitrogens with one attached hydrogen (secondary N) is 1. The number of fused-ring (bicyclic) bond motifs is 5. The van der Waals surface area contributed by atoms with Gasteiger partial charge in [-0.25, -0.2) is 0 Å². The molecule has 4 aliphatic rings. The quantitative estimate of drug-likeness (QED) is 0.842. The zero-order chi connectivity index (χ0) is 18.2. The van der Waals surface area contributed by atoms with Crippen LogP contribution in [0.1, 0.15) is 36.0 Å². The second-order valence-corrected chi connectivity index (χ2v) is 7.58. The van der Waals surface area contributed by atoms with Gasteiger partial charge in [0.2, 0.25) is 12.2 Å². The lowest BCUT2D eigenvalue weighted by atomic mass is 9.73. The van der Waals surface area contributed by atoms with Gasteiger partial charge < -0.3 is 24.3 Å². The molecular formula is C21H19NO5. The van der Waals surface area contributed by atoms with Gasteiger partial charge in [-0.3, -0.25) is 4.79 Å². The molecule has 2 aromatic carbocycles. The highest BCUT2D eigenvalue weighted by Crippen LogP contribution is 2.55. The summed E-state index contributed by atoms with van der Waals surface area (Å²) in [7, 11) is 0. The molecule has 6 nitrogen and oxygen atoms in total. The van der Waals surface area contributed by atoms with Crippen molar-refractivity contribution in [2.24, 2.45) is 0 Å². The molecule has 1 spiro atoms. The highest BCUT2D eigenvalue weighted by molar-refractivity contribution is 6.10. The van der Waals surface area contributed by atoms with Crippen LogP contribution in [-0.2, 0) is 14.9 Å². The third kappa shape index (κ3) is 1.91. The van der Waals surface area contributed by atoms with Crippen molar-refractivity contribution in [1.29, 1.82) is 0 Å². The van der Waals surface area contributed by atoms with Crippen molar-refractivity contribution in [3.05, 3.63) is 47.0 Å². The van der Waals surface area contributed by atoms with Gasteiger partial charge in [0.1, 0.15) is 17.8 Å². The molecule has 2 aromatic rings. The molecule has 1 amide bonds. The Bertz CT molecular complexity index is 981. The van der Waals surface area contributed by atoms with Crippen molar-refractivity contribution in [3.63, 3.8) is 0 Å². The third-order valence-corrected chi connectivity index (χ3v) is 6.06. The van der Waals surface area contributed by atoms with Crippen molar-refractivity contribution in [2.45, 2.75) is 31.0 Å². The van der Waals surface area contributed by atoms with E-state index in [9.17, 15) is 4.79 Å². The minimum atomic E-state index is -0.853. The average Bonchev–Trinajstić information content (AvgIpc) is 3.41. The van der Waals surface area contributed by atoms with E-state index in [1.165, 1.54) is 5.56 Å². The van der Waals surface area contributed by atoms with E-state index in [1.54, 1.807) is 0 Å². The molecule has 27 heavy (non-hydrogen) atoms. The predicted molar refractivity (Wildman–Crippen MR) is 96.7 cm³/mol. The van der Waals surface area contributed by atoms with Gasteiger partial charge in [-0.05, 0) is 24.1 Å². The van der Waals surface area contributed by atoms with Gasteiger partial charge in [0.05, 0.1) is 6.61 Å². The van der Waals surface area contributed by atoms with E-state index in [4.69, 9.17) is 18.9 Å². The molecule has 0 bridgehead atoms. The fraction of sp³-hybridized carbons (Fsp3) is 0.381. The molecule has 3 unspecified atom stereocenters. The topological polar surface area (TPSA) is 66.0 Å². The van der Waals surface area contributed by atoms with E-state index in [0.29, 0.717) is 29.8 Å². The molecule has 1 fully saturated rings. The molecule has 0 radical (unpaired) electrons. The summed E-state index contributed by atoms with van der Waals surface area (Å²) in [6.45, 7) is 3.57. The summed E-state index contributed by atoms with van der Waals surface area (Å²) in [5.41, 5.74) is 3.06. The average molecular weight is 365 g/mol. The Labute approximate surface area is 156 Å². The fourth-order valence-corrected chi connectivity index (χ4v) is 4.83. The Balaban J connectivity index is 1.57. The van der Waals surface area contributed by atoms with Gasteiger partial charge in [0.25, 0.3) is 0 Å². The number of ether oxygens (including phenoxy) is 4. The van der Waals surface area contributed by atoms with Crippen molar-refractivity contribution in [2.75, 3.05) is 25.1 Å². The first-order valence-electron chi connectivity index (χ1n) is 9.34. The number of carbonyl (C=O) groups excluding carboxylic acids is 1. The number of rotatable bonds is 1. The Morgan fingerprint density at radius 1 is 1.15 bits per heavy atom. The number of amides is 1. The van der Waals surface area contributed by atoms with E-state index in [1.807, 2.05) is 31.2 Å². The summed E-state index contributed by atoms with van der Waals surface area (Å²) in [6, 6.07) is 9.85. The number of hydrogen-bond donors (Lipinski definition) is 1. The van der Waals surface area contributed by atoms with Crippen LogP contribution < -0.4 is 19.5 Å². The van der Waals surface area contributed by atoms with Gasteiger partial charge in [0, 0.05) is 42.3 Å². The van der Waals surface area contributed by atoms with Gasteiger partial charge >= 0.3 is 0 Å². The standard InChI is InChI=1S/C21H19NO5/c1-11-26-17-7-14-16(8-18(17)27-11)25-10-21(14)19-13(12-5-6-24-9-12)3-2-4-15(19)22-20(21)23/h2-4,7-8,11-12H,5-6,9-10H2,1H3,(H,22,23). The summed E-state index contributed by atoms with van der Waals surface area (Å²) in [4.78, 5) is 13.3. The lowest BCUT2D eigenvalue weighted by molar-refractivity contribution is -0.119. The van der Waals surface area contributed by atoms with Crippen molar-refractivity contribution < 1.29 is 23.7 Å². The molecule has 1 N–H and O–H groups in total. The number of benzene rings is 2. The van der Waals surface area contributed by atoms with Crippen LogP contribution in [0.25, 0.3) is 0 Å². The summed E-state index contributed by atoms with van der Waals surface area (Å²) in [5.74, 6) is 2.26. The Kier molecular flexibility index (Phi) is 2.93. The van der Waals surface area contributed by atoms with E-state index < -0.39 is 5.41 Å². The molecule has 0 saturated carbocycles. The summed E-state index contributed by atoms with van der Waals surface area (Å²) in [6.07, 6.45) is 0.627. The lowest BCUT2D eigenvalue weighted by Gasteiger charge is -2.25. The monoisotopic (exact) mass is 365 g/mol.